The molecule has 3 heteroatoms. The van der Waals surface area contributed by atoms with Crippen LogP contribution in [0.25, 0.3) is 11.3 Å². The topological polar surface area (TPSA) is 45.8 Å². The van der Waals surface area contributed by atoms with E-state index in [4.69, 9.17) is 0 Å². The SMILES string of the molecule is CC(C)(C)c1ccc(-c2ccc(=O)[nH]n2)cc1. The predicted octanol–water partition coefficient (Wildman–Crippen LogP) is 2.73. The van der Waals surface area contributed by atoms with Gasteiger partial charge >= 0.3 is 0 Å². The largest absolute Gasteiger partial charge is 0.268 e. The van der Waals surface area contributed by atoms with Crippen molar-refractivity contribution in [3.8, 4) is 11.3 Å². The van der Waals surface area contributed by atoms with Gasteiger partial charge in [0.1, 0.15) is 0 Å². The van der Waals surface area contributed by atoms with Crippen molar-refractivity contribution in [3.63, 3.8) is 0 Å². The average Bonchev–Trinajstić information content (AvgIpc) is 2.29. The first-order chi connectivity index (χ1) is 7.97. The molecule has 0 aliphatic rings. The van der Waals surface area contributed by atoms with Gasteiger partial charge in [-0.15, -0.1) is 0 Å². The molecule has 1 aromatic heterocycles. The molecule has 3 nitrogen and oxygen atoms in total. The predicted molar refractivity (Wildman–Crippen MR) is 69.0 cm³/mol. The minimum absolute atomic E-state index is 0.150. The summed E-state index contributed by atoms with van der Waals surface area (Å²) in [5.74, 6) is 0. The number of H-pyrrole nitrogens is 1. The van der Waals surface area contributed by atoms with E-state index < -0.39 is 0 Å². The monoisotopic (exact) mass is 228 g/mol. The fourth-order valence-corrected chi connectivity index (χ4v) is 1.65. The molecule has 0 bridgehead atoms. The molecule has 0 atom stereocenters. The van der Waals surface area contributed by atoms with Crippen LogP contribution in [0.15, 0.2) is 41.2 Å². The summed E-state index contributed by atoms with van der Waals surface area (Å²) in [6.07, 6.45) is 0. The van der Waals surface area contributed by atoms with Crippen molar-refractivity contribution in [2.24, 2.45) is 0 Å². The van der Waals surface area contributed by atoms with Gasteiger partial charge in [-0.1, -0.05) is 45.0 Å². The Morgan fingerprint density at radius 3 is 2.12 bits per heavy atom. The molecule has 2 rings (SSSR count). The van der Waals surface area contributed by atoms with E-state index in [0.717, 1.165) is 11.3 Å². The van der Waals surface area contributed by atoms with E-state index >= 15 is 0 Å². The summed E-state index contributed by atoms with van der Waals surface area (Å²) < 4.78 is 0. The van der Waals surface area contributed by atoms with Crippen LogP contribution in [0.3, 0.4) is 0 Å². The quantitative estimate of drug-likeness (QED) is 0.815. The lowest BCUT2D eigenvalue weighted by molar-refractivity contribution is 0.590. The van der Waals surface area contributed by atoms with Gasteiger partial charge in [0.05, 0.1) is 5.69 Å². The summed E-state index contributed by atoms with van der Waals surface area (Å²) in [7, 11) is 0. The third-order valence-electron chi connectivity index (χ3n) is 2.73. The number of rotatable bonds is 1. The molecule has 1 N–H and O–H groups in total. The molecule has 0 saturated carbocycles. The standard InChI is InChI=1S/C14H16N2O/c1-14(2,3)11-6-4-10(5-7-11)12-8-9-13(17)16-15-12/h4-9H,1-3H3,(H,16,17). The van der Waals surface area contributed by atoms with E-state index in [1.165, 1.54) is 11.6 Å². The minimum Gasteiger partial charge on any atom is -0.268 e. The van der Waals surface area contributed by atoms with Crippen molar-refractivity contribution < 1.29 is 0 Å². The fraction of sp³-hybridized carbons (Fsp3) is 0.286. The van der Waals surface area contributed by atoms with E-state index in [1.54, 1.807) is 6.07 Å². The van der Waals surface area contributed by atoms with Gasteiger partial charge in [-0.25, -0.2) is 5.10 Å². The minimum atomic E-state index is -0.180. The number of benzene rings is 1. The zero-order chi connectivity index (χ0) is 12.5. The van der Waals surface area contributed by atoms with Crippen molar-refractivity contribution >= 4 is 0 Å². The van der Waals surface area contributed by atoms with Gasteiger partial charge in [-0.05, 0) is 17.0 Å². The molecule has 88 valence electrons. The molecule has 2 aromatic rings. The van der Waals surface area contributed by atoms with E-state index in [1.807, 2.05) is 12.1 Å². The maximum atomic E-state index is 10.9. The van der Waals surface area contributed by atoms with Crippen LogP contribution < -0.4 is 5.56 Å². The molecular weight excluding hydrogens is 212 g/mol. The average molecular weight is 228 g/mol. The van der Waals surface area contributed by atoms with Crippen LogP contribution >= 0.6 is 0 Å². The van der Waals surface area contributed by atoms with Gasteiger partial charge in [0, 0.05) is 11.6 Å². The molecule has 1 heterocycles. The highest BCUT2D eigenvalue weighted by Crippen LogP contribution is 2.24. The normalized spacial score (nSPS) is 11.5. The van der Waals surface area contributed by atoms with Crippen molar-refractivity contribution in [2.45, 2.75) is 26.2 Å². The Balaban J connectivity index is 2.36. The van der Waals surface area contributed by atoms with Crippen LogP contribution in [0.5, 0.6) is 0 Å². The molecule has 0 radical (unpaired) electrons. The first kappa shape index (κ1) is 11.6. The number of nitrogens with zero attached hydrogens (tertiary/aromatic N) is 1. The Kier molecular flexibility index (Phi) is 2.84. The summed E-state index contributed by atoms with van der Waals surface area (Å²) in [4.78, 5) is 10.9. The smallest absolute Gasteiger partial charge is 0.264 e. The Hall–Kier alpha value is -1.90. The van der Waals surface area contributed by atoms with Crippen LogP contribution in [0.2, 0.25) is 0 Å². The van der Waals surface area contributed by atoms with E-state index in [-0.39, 0.29) is 11.0 Å². The maximum Gasteiger partial charge on any atom is 0.264 e. The Labute approximate surface area is 101 Å². The van der Waals surface area contributed by atoms with Gasteiger partial charge in [0.15, 0.2) is 0 Å². The second kappa shape index (κ2) is 4.17. The van der Waals surface area contributed by atoms with Crippen LogP contribution in [-0.2, 0) is 5.41 Å². The molecule has 0 fully saturated rings. The summed E-state index contributed by atoms with van der Waals surface area (Å²) in [6, 6.07) is 11.5. The molecule has 0 aliphatic heterocycles. The van der Waals surface area contributed by atoms with Crippen molar-refractivity contribution in [1.29, 1.82) is 0 Å². The van der Waals surface area contributed by atoms with Crippen LogP contribution in [0, 0.1) is 0 Å². The lowest BCUT2D eigenvalue weighted by atomic mass is 9.86. The number of nitrogens with one attached hydrogen (secondary N) is 1. The van der Waals surface area contributed by atoms with E-state index in [0.29, 0.717) is 0 Å². The Bertz CT molecular complexity index is 542. The highest BCUT2D eigenvalue weighted by atomic mass is 16.1. The van der Waals surface area contributed by atoms with Gasteiger partial charge in [-0.3, -0.25) is 4.79 Å². The number of aromatic nitrogens is 2. The lowest BCUT2D eigenvalue weighted by Crippen LogP contribution is -2.10. The number of hydrogen-bond acceptors (Lipinski definition) is 2. The molecule has 1 aromatic carbocycles. The van der Waals surface area contributed by atoms with Crippen LogP contribution in [-0.4, -0.2) is 10.2 Å². The number of hydrogen-bond donors (Lipinski definition) is 1. The summed E-state index contributed by atoms with van der Waals surface area (Å²) in [5, 5.41) is 6.44. The molecule has 0 unspecified atom stereocenters. The first-order valence-electron chi connectivity index (χ1n) is 5.63. The Morgan fingerprint density at radius 2 is 1.65 bits per heavy atom. The molecule has 0 amide bonds. The third kappa shape index (κ3) is 2.61. The second-order valence-electron chi connectivity index (χ2n) is 5.13. The molecule has 0 spiro atoms. The van der Waals surface area contributed by atoms with E-state index in [2.05, 4.69) is 43.1 Å². The van der Waals surface area contributed by atoms with Crippen molar-refractivity contribution in [1.82, 2.24) is 10.2 Å². The van der Waals surface area contributed by atoms with Crippen molar-refractivity contribution in [3.05, 3.63) is 52.3 Å². The molecule has 0 aliphatic carbocycles. The van der Waals surface area contributed by atoms with Crippen molar-refractivity contribution in [2.75, 3.05) is 0 Å². The highest BCUT2D eigenvalue weighted by molar-refractivity contribution is 5.58. The first-order valence-corrected chi connectivity index (χ1v) is 5.63. The fourth-order valence-electron chi connectivity index (χ4n) is 1.65. The summed E-state index contributed by atoms with van der Waals surface area (Å²) in [5.41, 5.74) is 3.04. The van der Waals surface area contributed by atoms with Gasteiger partial charge in [0.2, 0.25) is 0 Å². The number of aromatic amines is 1. The lowest BCUT2D eigenvalue weighted by Gasteiger charge is -2.18. The van der Waals surface area contributed by atoms with Crippen LogP contribution in [0.4, 0.5) is 0 Å². The van der Waals surface area contributed by atoms with Gasteiger partial charge in [-0.2, -0.15) is 5.10 Å². The highest BCUT2D eigenvalue weighted by Gasteiger charge is 2.13. The third-order valence-corrected chi connectivity index (χ3v) is 2.73. The Morgan fingerprint density at radius 1 is 1.00 bits per heavy atom. The van der Waals surface area contributed by atoms with Gasteiger partial charge in [0.25, 0.3) is 5.56 Å². The zero-order valence-corrected chi connectivity index (χ0v) is 10.3. The maximum absolute atomic E-state index is 10.9. The molecule has 17 heavy (non-hydrogen) atoms. The van der Waals surface area contributed by atoms with Gasteiger partial charge < -0.3 is 0 Å². The zero-order valence-electron chi connectivity index (χ0n) is 10.3. The second-order valence-corrected chi connectivity index (χ2v) is 5.13. The van der Waals surface area contributed by atoms with Crippen LogP contribution in [0.1, 0.15) is 26.3 Å². The molecular formula is C14H16N2O. The summed E-state index contributed by atoms with van der Waals surface area (Å²) >= 11 is 0. The summed E-state index contributed by atoms with van der Waals surface area (Å²) in [6.45, 7) is 6.54. The van der Waals surface area contributed by atoms with E-state index in [9.17, 15) is 4.79 Å². The molecule has 0 saturated heterocycles.